The number of hydrogen-bond acceptors (Lipinski definition) is 5. The van der Waals surface area contributed by atoms with Gasteiger partial charge in [-0.05, 0) is 42.8 Å². The van der Waals surface area contributed by atoms with E-state index in [0.717, 1.165) is 15.8 Å². The van der Waals surface area contributed by atoms with Gasteiger partial charge in [0.25, 0.3) is 0 Å². The van der Waals surface area contributed by atoms with Gasteiger partial charge in [-0.1, -0.05) is 23.7 Å². The van der Waals surface area contributed by atoms with E-state index < -0.39 is 0 Å². The first-order chi connectivity index (χ1) is 12.2. The second-order valence-electron chi connectivity index (χ2n) is 5.12. The molecule has 0 bridgehead atoms. The predicted octanol–water partition coefficient (Wildman–Crippen LogP) is 5.42. The van der Waals surface area contributed by atoms with Crippen molar-refractivity contribution >= 4 is 44.8 Å². The number of rotatable bonds is 5. The van der Waals surface area contributed by atoms with Gasteiger partial charge in [-0.3, -0.25) is 0 Å². The normalized spacial score (nSPS) is 11.4. The first kappa shape index (κ1) is 17.3. The van der Waals surface area contributed by atoms with Crippen LogP contribution in [-0.4, -0.2) is 18.7 Å². The molecule has 0 N–H and O–H groups in total. The van der Waals surface area contributed by atoms with Gasteiger partial charge in [0.2, 0.25) is 0 Å². The maximum atomic E-state index is 9.57. The molecule has 0 atom stereocenters. The van der Waals surface area contributed by atoms with Crippen LogP contribution in [0.1, 0.15) is 17.5 Å². The average molecular weight is 371 g/mol. The number of ether oxygens (including phenoxy) is 2. The molecule has 0 aliphatic carbocycles. The molecule has 1 aromatic heterocycles. The van der Waals surface area contributed by atoms with Gasteiger partial charge in [0.15, 0.2) is 11.5 Å². The second kappa shape index (κ2) is 7.56. The van der Waals surface area contributed by atoms with Gasteiger partial charge >= 0.3 is 0 Å². The molecule has 0 unspecified atom stereocenters. The van der Waals surface area contributed by atoms with Crippen LogP contribution in [0.4, 0.5) is 0 Å². The minimum absolute atomic E-state index is 0.432. The second-order valence-corrected chi connectivity index (χ2v) is 6.56. The summed E-state index contributed by atoms with van der Waals surface area (Å²) in [5.74, 6) is 1.03. The lowest BCUT2D eigenvalue weighted by molar-refractivity contribution is 0.311. The van der Waals surface area contributed by atoms with Crippen molar-refractivity contribution in [2.24, 2.45) is 0 Å². The Morgan fingerprint density at radius 2 is 2.16 bits per heavy atom. The molecule has 0 fully saturated rings. The molecular formula is C19H15ClN2O2S. The first-order valence-electron chi connectivity index (χ1n) is 7.64. The van der Waals surface area contributed by atoms with E-state index in [1.807, 2.05) is 31.2 Å². The maximum absolute atomic E-state index is 9.57. The average Bonchev–Trinajstić information content (AvgIpc) is 3.03. The van der Waals surface area contributed by atoms with Crippen molar-refractivity contribution in [3.8, 4) is 17.6 Å². The highest BCUT2D eigenvalue weighted by molar-refractivity contribution is 7.19. The van der Waals surface area contributed by atoms with E-state index in [-0.39, 0.29) is 0 Å². The first-order valence-corrected chi connectivity index (χ1v) is 8.83. The Bertz CT molecular complexity index is 956. The molecule has 2 aromatic carbocycles. The topological polar surface area (TPSA) is 55.1 Å². The van der Waals surface area contributed by atoms with E-state index in [1.165, 1.54) is 11.3 Å². The summed E-state index contributed by atoms with van der Waals surface area (Å²) >= 11 is 7.76. The number of fused-ring (bicyclic) bond motifs is 1. The van der Waals surface area contributed by atoms with Gasteiger partial charge in [-0.25, -0.2) is 4.98 Å². The molecule has 0 saturated heterocycles. The molecule has 0 aliphatic heterocycles. The van der Waals surface area contributed by atoms with E-state index in [1.54, 1.807) is 25.3 Å². The summed E-state index contributed by atoms with van der Waals surface area (Å²) < 4.78 is 11.9. The minimum atomic E-state index is 0.432. The van der Waals surface area contributed by atoms with Crippen molar-refractivity contribution in [1.82, 2.24) is 4.98 Å². The van der Waals surface area contributed by atoms with Crippen molar-refractivity contribution in [3.05, 3.63) is 52.0 Å². The molecule has 126 valence electrons. The number of nitriles is 1. The SMILES string of the molecule is CCOc1cc(/C=C(\C#N)c2nc3ccccc3s2)cc(Cl)c1OC. The van der Waals surface area contributed by atoms with E-state index in [2.05, 4.69) is 11.1 Å². The molecule has 0 aliphatic rings. The number of thiazole rings is 1. The molecule has 1 heterocycles. The van der Waals surface area contributed by atoms with Gasteiger partial charge in [-0.15, -0.1) is 11.3 Å². The Morgan fingerprint density at radius 3 is 2.84 bits per heavy atom. The molecule has 6 heteroatoms. The van der Waals surface area contributed by atoms with Crippen LogP contribution in [0.25, 0.3) is 21.9 Å². The van der Waals surface area contributed by atoms with Crippen LogP contribution in [0.2, 0.25) is 5.02 Å². The summed E-state index contributed by atoms with van der Waals surface area (Å²) in [6.07, 6.45) is 1.76. The Balaban J connectivity index is 2.06. The number of methoxy groups -OCH3 is 1. The fourth-order valence-electron chi connectivity index (χ4n) is 2.43. The van der Waals surface area contributed by atoms with Crippen LogP contribution in [0, 0.1) is 11.3 Å². The fraction of sp³-hybridized carbons (Fsp3) is 0.158. The molecule has 3 rings (SSSR count). The third kappa shape index (κ3) is 3.60. The number of allylic oxidation sites excluding steroid dienone is 1. The van der Waals surface area contributed by atoms with Crippen molar-refractivity contribution in [3.63, 3.8) is 0 Å². The number of para-hydroxylation sites is 1. The third-order valence-corrected chi connectivity index (χ3v) is 4.84. The van der Waals surface area contributed by atoms with Crippen molar-refractivity contribution < 1.29 is 9.47 Å². The lowest BCUT2D eigenvalue weighted by Gasteiger charge is -2.11. The molecule has 25 heavy (non-hydrogen) atoms. The van der Waals surface area contributed by atoms with Crippen LogP contribution >= 0.6 is 22.9 Å². The quantitative estimate of drug-likeness (QED) is 0.562. The van der Waals surface area contributed by atoms with Gasteiger partial charge in [0.1, 0.15) is 11.1 Å². The lowest BCUT2D eigenvalue weighted by atomic mass is 10.1. The highest BCUT2D eigenvalue weighted by atomic mass is 35.5. The summed E-state index contributed by atoms with van der Waals surface area (Å²) in [7, 11) is 1.54. The van der Waals surface area contributed by atoms with Crippen molar-refractivity contribution in [2.45, 2.75) is 6.92 Å². The molecule has 0 saturated carbocycles. The highest BCUT2D eigenvalue weighted by Crippen LogP contribution is 2.37. The van der Waals surface area contributed by atoms with Gasteiger partial charge < -0.3 is 9.47 Å². The Kier molecular flexibility index (Phi) is 5.22. The summed E-state index contributed by atoms with van der Waals surface area (Å²) in [6, 6.07) is 13.6. The standard InChI is InChI=1S/C19H15ClN2O2S/c1-3-24-16-10-12(9-14(20)18(16)23-2)8-13(11-21)19-22-15-6-4-5-7-17(15)25-19/h4-10H,3H2,1-2H3/b13-8+. The summed E-state index contributed by atoms with van der Waals surface area (Å²) in [6.45, 7) is 2.38. The third-order valence-electron chi connectivity index (χ3n) is 3.49. The minimum Gasteiger partial charge on any atom is -0.491 e. The number of halogens is 1. The fourth-order valence-corrected chi connectivity index (χ4v) is 3.66. The Labute approximate surface area is 154 Å². The van der Waals surface area contributed by atoms with Gasteiger partial charge in [0, 0.05) is 0 Å². The molecule has 0 amide bonds. The monoisotopic (exact) mass is 370 g/mol. The van der Waals surface area contributed by atoms with E-state index in [4.69, 9.17) is 21.1 Å². The van der Waals surface area contributed by atoms with E-state index >= 15 is 0 Å². The zero-order valence-corrected chi connectivity index (χ0v) is 15.3. The zero-order valence-electron chi connectivity index (χ0n) is 13.7. The molecule has 3 aromatic rings. The number of nitrogens with zero attached hydrogens (tertiary/aromatic N) is 2. The summed E-state index contributed by atoms with van der Waals surface area (Å²) in [5.41, 5.74) is 2.11. The van der Waals surface area contributed by atoms with Crippen LogP contribution < -0.4 is 9.47 Å². The smallest absolute Gasteiger partial charge is 0.179 e. The number of benzene rings is 2. The van der Waals surface area contributed by atoms with Crippen LogP contribution in [0.3, 0.4) is 0 Å². The zero-order chi connectivity index (χ0) is 17.8. The maximum Gasteiger partial charge on any atom is 0.179 e. The predicted molar refractivity (Wildman–Crippen MR) is 102 cm³/mol. The van der Waals surface area contributed by atoms with Crippen LogP contribution in [-0.2, 0) is 0 Å². The van der Waals surface area contributed by atoms with Crippen LogP contribution in [0.15, 0.2) is 36.4 Å². The molecule has 0 spiro atoms. The summed E-state index contributed by atoms with van der Waals surface area (Å²) in [5, 5.41) is 10.7. The number of hydrogen-bond donors (Lipinski definition) is 0. The Hall–Kier alpha value is -2.55. The van der Waals surface area contributed by atoms with E-state index in [9.17, 15) is 5.26 Å². The molecular weight excluding hydrogens is 356 g/mol. The van der Waals surface area contributed by atoms with E-state index in [0.29, 0.717) is 33.7 Å². The van der Waals surface area contributed by atoms with Crippen molar-refractivity contribution in [2.75, 3.05) is 13.7 Å². The highest BCUT2D eigenvalue weighted by Gasteiger charge is 2.13. The summed E-state index contributed by atoms with van der Waals surface area (Å²) in [4.78, 5) is 4.53. The lowest BCUT2D eigenvalue weighted by Crippen LogP contribution is -1.96. The molecule has 4 nitrogen and oxygen atoms in total. The number of aromatic nitrogens is 1. The van der Waals surface area contributed by atoms with Gasteiger partial charge in [-0.2, -0.15) is 5.26 Å². The Morgan fingerprint density at radius 1 is 1.36 bits per heavy atom. The molecule has 0 radical (unpaired) electrons. The van der Waals surface area contributed by atoms with Crippen molar-refractivity contribution in [1.29, 1.82) is 5.26 Å². The largest absolute Gasteiger partial charge is 0.491 e. The van der Waals surface area contributed by atoms with Crippen LogP contribution in [0.5, 0.6) is 11.5 Å². The van der Waals surface area contributed by atoms with Gasteiger partial charge in [0.05, 0.1) is 34.5 Å².